The van der Waals surface area contributed by atoms with Crippen molar-refractivity contribution in [2.75, 3.05) is 5.32 Å². The Kier molecular flexibility index (Phi) is 5.31. The highest BCUT2D eigenvalue weighted by Gasteiger charge is 2.14. The number of halogens is 3. The van der Waals surface area contributed by atoms with Gasteiger partial charge in [-0.2, -0.15) is 0 Å². The highest BCUT2D eigenvalue weighted by Crippen LogP contribution is 2.29. The summed E-state index contributed by atoms with van der Waals surface area (Å²) < 4.78 is 19.1. The van der Waals surface area contributed by atoms with E-state index in [2.05, 4.69) is 15.5 Å². The second-order valence-corrected chi connectivity index (χ2v) is 5.92. The molecule has 128 valence electrons. The van der Waals surface area contributed by atoms with Gasteiger partial charge in [0.1, 0.15) is 5.82 Å². The molecule has 0 aliphatic rings. The van der Waals surface area contributed by atoms with Gasteiger partial charge in [0.15, 0.2) is 0 Å². The average molecular weight is 380 g/mol. The third kappa shape index (κ3) is 4.15. The van der Waals surface area contributed by atoms with E-state index in [0.717, 1.165) is 0 Å². The van der Waals surface area contributed by atoms with Crippen molar-refractivity contribution in [3.63, 3.8) is 0 Å². The quantitative estimate of drug-likeness (QED) is 0.694. The van der Waals surface area contributed by atoms with Crippen LogP contribution in [0.15, 0.2) is 46.9 Å². The Balaban J connectivity index is 1.62. The first-order chi connectivity index (χ1) is 12.0. The fourth-order valence-corrected chi connectivity index (χ4v) is 2.48. The van der Waals surface area contributed by atoms with Crippen molar-refractivity contribution in [3.05, 3.63) is 64.2 Å². The van der Waals surface area contributed by atoms with Crippen molar-refractivity contribution in [3.8, 4) is 11.5 Å². The molecule has 1 amide bonds. The lowest BCUT2D eigenvalue weighted by Crippen LogP contribution is -2.12. The second kappa shape index (κ2) is 7.63. The summed E-state index contributed by atoms with van der Waals surface area (Å²) in [4.78, 5) is 12.0. The van der Waals surface area contributed by atoms with Gasteiger partial charge in [-0.3, -0.25) is 4.79 Å². The number of carbonyl (C=O) groups is 1. The number of anilines is 1. The molecule has 3 aromatic rings. The van der Waals surface area contributed by atoms with Crippen LogP contribution in [0.3, 0.4) is 0 Å². The minimum absolute atomic E-state index is 0.0754. The van der Waals surface area contributed by atoms with E-state index in [4.69, 9.17) is 27.6 Å². The Labute approximate surface area is 152 Å². The Morgan fingerprint density at radius 3 is 2.72 bits per heavy atom. The number of carbonyl (C=O) groups excluding carboxylic acids is 1. The molecule has 0 saturated carbocycles. The number of nitrogens with one attached hydrogen (secondary N) is 1. The maximum Gasteiger partial charge on any atom is 0.250 e. The Bertz CT molecular complexity index is 914. The molecule has 1 N–H and O–H groups in total. The van der Waals surface area contributed by atoms with E-state index in [-0.39, 0.29) is 41.1 Å². The summed E-state index contributed by atoms with van der Waals surface area (Å²) in [5.74, 6) is -0.419. The van der Waals surface area contributed by atoms with Gasteiger partial charge in [0.05, 0.1) is 21.3 Å². The highest BCUT2D eigenvalue weighted by atomic mass is 35.5. The summed E-state index contributed by atoms with van der Waals surface area (Å²) in [6, 6.07) is 11.0. The van der Waals surface area contributed by atoms with Crippen molar-refractivity contribution in [1.82, 2.24) is 10.2 Å². The molecule has 0 unspecified atom stereocenters. The third-order valence-electron chi connectivity index (χ3n) is 3.36. The van der Waals surface area contributed by atoms with E-state index in [1.807, 2.05) is 0 Å². The molecule has 0 radical (unpaired) electrons. The standard InChI is InChI=1S/C17H12Cl2FN3O2/c18-11-5-3-7-13(16(11)19)21-14(24)8-9-15-22-23-17(25-15)10-4-1-2-6-12(10)20/h1-7H,8-9H2,(H,21,24). The molecule has 0 spiro atoms. The smallest absolute Gasteiger partial charge is 0.250 e. The van der Waals surface area contributed by atoms with E-state index in [9.17, 15) is 9.18 Å². The zero-order valence-corrected chi connectivity index (χ0v) is 14.3. The third-order valence-corrected chi connectivity index (χ3v) is 4.18. The minimum Gasteiger partial charge on any atom is -0.421 e. The van der Waals surface area contributed by atoms with Crippen LogP contribution >= 0.6 is 23.2 Å². The van der Waals surface area contributed by atoms with Crippen molar-refractivity contribution in [1.29, 1.82) is 0 Å². The zero-order chi connectivity index (χ0) is 17.8. The summed E-state index contributed by atoms with van der Waals surface area (Å²) in [5.41, 5.74) is 0.646. The van der Waals surface area contributed by atoms with Crippen LogP contribution in [0.2, 0.25) is 10.0 Å². The number of amides is 1. The topological polar surface area (TPSA) is 68.0 Å². The number of rotatable bonds is 5. The number of aromatic nitrogens is 2. The zero-order valence-electron chi connectivity index (χ0n) is 12.8. The molecule has 1 aromatic heterocycles. The maximum atomic E-state index is 13.7. The van der Waals surface area contributed by atoms with Gasteiger partial charge in [-0.15, -0.1) is 10.2 Å². The largest absolute Gasteiger partial charge is 0.421 e. The Hall–Kier alpha value is -2.44. The van der Waals surface area contributed by atoms with Crippen LogP contribution in [0.25, 0.3) is 11.5 Å². The first-order valence-electron chi connectivity index (χ1n) is 7.36. The molecule has 0 aliphatic carbocycles. The van der Waals surface area contributed by atoms with Crippen LogP contribution in [-0.2, 0) is 11.2 Å². The van der Waals surface area contributed by atoms with E-state index in [1.54, 1.807) is 36.4 Å². The molecular weight excluding hydrogens is 368 g/mol. The van der Waals surface area contributed by atoms with Gasteiger partial charge in [-0.25, -0.2) is 4.39 Å². The summed E-state index contributed by atoms with van der Waals surface area (Å²) in [6.45, 7) is 0. The minimum atomic E-state index is -0.453. The molecule has 3 rings (SSSR count). The monoisotopic (exact) mass is 379 g/mol. The van der Waals surface area contributed by atoms with Gasteiger partial charge >= 0.3 is 0 Å². The fraction of sp³-hybridized carbons (Fsp3) is 0.118. The fourth-order valence-electron chi connectivity index (χ4n) is 2.13. The van der Waals surface area contributed by atoms with Gasteiger partial charge in [0.25, 0.3) is 5.89 Å². The van der Waals surface area contributed by atoms with Crippen molar-refractivity contribution in [2.45, 2.75) is 12.8 Å². The van der Waals surface area contributed by atoms with E-state index in [0.29, 0.717) is 10.7 Å². The van der Waals surface area contributed by atoms with Crippen molar-refractivity contribution >= 4 is 34.8 Å². The lowest BCUT2D eigenvalue weighted by molar-refractivity contribution is -0.116. The van der Waals surface area contributed by atoms with Crippen LogP contribution < -0.4 is 5.32 Å². The SMILES string of the molecule is O=C(CCc1nnc(-c2ccccc2F)o1)Nc1cccc(Cl)c1Cl. The maximum absolute atomic E-state index is 13.7. The number of hydrogen-bond acceptors (Lipinski definition) is 4. The first-order valence-corrected chi connectivity index (χ1v) is 8.11. The molecule has 25 heavy (non-hydrogen) atoms. The van der Waals surface area contributed by atoms with Crippen LogP contribution in [0.4, 0.5) is 10.1 Å². The molecule has 5 nitrogen and oxygen atoms in total. The van der Waals surface area contributed by atoms with Crippen molar-refractivity contribution in [2.24, 2.45) is 0 Å². The number of nitrogens with zero attached hydrogens (tertiary/aromatic N) is 2. The second-order valence-electron chi connectivity index (χ2n) is 5.13. The molecule has 0 aliphatic heterocycles. The molecule has 2 aromatic carbocycles. The molecule has 8 heteroatoms. The molecule has 0 saturated heterocycles. The predicted octanol–water partition coefficient (Wildman–Crippen LogP) is 4.75. The summed E-state index contributed by atoms with van der Waals surface area (Å²) in [6.07, 6.45) is 0.313. The van der Waals surface area contributed by atoms with Crippen LogP contribution in [0, 0.1) is 5.82 Å². The van der Waals surface area contributed by atoms with Crippen LogP contribution in [0.5, 0.6) is 0 Å². The molecule has 0 fully saturated rings. The van der Waals surface area contributed by atoms with Crippen LogP contribution in [0.1, 0.15) is 12.3 Å². The lowest BCUT2D eigenvalue weighted by Gasteiger charge is -2.07. The summed E-state index contributed by atoms with van der Waals surface area (Å²) >= 11 is 11.9. The van der Waals surface area contributed by atoms with Gasteiger partial charge in [-0.05, 0) is 24.3 Å². The normalized spacial score (nSPS) is 10.7. The highest BCUT2D eigenvalue weighted by molar-refractivity contribution is 6.43. The van der Waals surface area contributed by atoms with Gasteiger partial charge in [0.2, 0.25) is 11.8 Å². The molecule has 1 heterocycles. The number of aryl methyl sites for hydroxylation is 1. The van der Waals surface area contributed by atoms with Gasteiger partial charge < -0.3 is 9.73 Å². The van der Waals surface area contributed by atoms with Crippen LogP contribution in [-0.4, -0.2) is 16.1 Å². The van der Waals surface area contributed by atoms with Crippen molar-refractivity contribution < 1.29 is 13.6 Å². The van der Waals surface area contributed by atoms with E-state index >= 15 is 0 Å². The predicted molar refractivity (Wildman–Crippen MR) is 93.1 cm³/mol. The number of hydrogen-bond donors (Lipinski definition) is 1. The van der Waals surface area contributed by atoms with Gasteiger partial charge in [0, 0.05) is 12.8 Å². The summed E-state index contributed by atoms with van der Waals surface area (Å²) in [7, 11) is 0. The number of benzene rings is 2. The van der Waals surface area contributed by atoms with E-state index in [1.165, 1.54) is 6.07 Å². The molecule has 0 atom stereocenters. The Morgan fingerprint density at radius 2 is 1.92 bits per heavy atom. The Morgan fingerprint density at radius 1 is 1.12 bits per heavy atom. The summed E-state index contributed by atoms with van der Waals surface area (Å²) in [5, 5.41) is 10.9. The van der Waals surface area contributed by atoms with E-state index < -0.39 is 5.82 Å². The lowest BCUT2D eigenvalue weighted by atomic mass is 10.2. The average Bonchev–Trinajstić information content (AvgIpc) is 3.06. The van der Waals surface area contributed by atoms with Gasteiger partial charge in [-0.1, -0.05) is 41.4 Å². The molecule has 0 bridgehead atoms. The molecular formula is C17H12Cl2FN3O2. The first kappa shape index (κ1) is 17.4.